The molecule has 31 heavy (non-hydrogen) atoms. The van der Waals surface area contributed by atoms with Crippen LogP contribution in [0.2, 0.25) is 5.02 Å². The van der Waals surface area contributed by atoms with Crippen molar-refractivity contribution in [3.8, 4) is 28.6 Å². The van der Waals surface area contributed by atoms with Crippen molar-refractivity contribution in [3.05, 3.63) is 71.2 Å². The summed E-state index contributed by atoms with van der Waals surface area (Å²) in [4.78, 5) is 17.8. The molecule has 0 fully saturated rings. The molecule has 6 nitrogen and oxygen atoms in total. The molecule has 0 saturated heterocycles. The molecule has 0 bridgehead atoms. The summed E-state index contributed by atoms with van der Waals surface area (Å²) in [5, 5.41) is 0.586. The number of benzene rings is 3. The van der Waals surface area contributed by atoms with E-state index in [0.717, 1.165) is 16.6 Å². The van der Waals surface area contributed by atoms with E-state index in [1.54, 1.807) is 45.6 Å². The molecule has 158 valence electrons. The van der Waals surface area contributed by atoms with Crippen molar-refractivity contribution in [2.45, 2.75) is 6.54 Å². The lowest BCUT2D eigenvalue weighted by Crippen LogP contribution is -2.11. The fourth-order valence-corrected chi connectivity index (χ4v) is 3.66. The van der Waals surface area contributed by atoms with E-state index in [1.807, 2.05) is 41.0 Å². The Balaban J connectivity index is 1.86. The minimum Gasteiger partial charge on any atom is -0.493 e. The van der Waals surface area contributed by atoms with Crippen LogP contribution in [0.1, 0.15) is 10.4 Å². The number of ether oxygens (including phenoxy) is 3. The van der Waals surface area contributed by atoms with E-state index in [9.17, 15) is 4.79 Å². The molecular formula is C24H21ClN2O4. The van der Waals surface area contributed by atoms with Crippen molar-refractivity contribution in [1.29, 1.82) is 0 Å². The van der Waals surface area contributed by atoms with Gasteiger partial charge in [0.15, 0.2) is 17.3 Å². The monoisotopic (exact) mass is 436 g/mol. The lowest BCUT2D eigenvalue weighted by Gasteiger charge is -2.15. The molecule has 0 aliphatic rings. The van der Waals surface area contributed by atoms with E-state index in [4.69, 9.17) is 30.8 Å². The molecule has 0 unspecified atom stereocenters. The minimum absolute atomic E-state index is 0.0477. The first-order chi connectivity index (χ1) is 15.0. The van der Waals surface area contributed by atoms with Gasteiger partial charge in [0.25, 0.3) is 0 Å². The highest BCUT2D eigenvalue weighted by Crippen LogP contribution is 2.41. The van der Waals surface area contributed by atoms with Gasteiger partial charge in [-0.2, -0.15) is 0 Å². The van der Waals surface area contributed by atoms with Gasteiger partial charge in [-0.1, -0.05) is 23.7 Å². The van der Waals surface area contributed by atoms with Crippen LogP contribution in [0.3, 0.4) is 0 Å². The van der Waals surface area contributed by atoms with Gasteiger partial charge in [-0.3, -0.25) is 4.79 Å². The smallest absolute Gasteiger partial charge is 0.203 e. The number of hydrogen-bond donors (Lipinski definition) is 0. The molecule has 4 aromatic rings. The summed E-state index contributed by atoms with van der Waals surface area (Å²) in [6, 6.07) is 18.2. The normalized spacial score (nSPS) is 10.8. The van der Waals surface area contributed by atoms with E-state index in [1.165, 1.54) is 0 Å². The van der Waals surface area contributed by atoms with Gasteiger partial charge in [0.1, 0.15) is 5.82 Å². The number of aromatic nitrogens is 2. The average Bonchev–Trinajstić information content (AvgIpc) is 3.16. The quantitative estimate of drug-likeness (QED) is 0.369. The number of fused-ring (bicyclic) bond motifs is 1. The molecule has 0 spiro atoms. The molecular weight excluding hydrogens is 416 g/mol. The number of para-hydroxylation sites is 2. The van der Waals surface area contributed by atoms with E-state index < -0.39 is 0 Å². The van der Waals surface area contributed by atoms with Crippen LogP contribution in [0.15, 0.2) is 60.7 Å². The molecule has 0 aliphatic heterocycles. The predicted molar refractivity (Wildman–Crippen MR) is 121 cm³/mol. The van der Waals surface area contributed by atoms with Gasteiger partial charge in [0, 0.05) is 16.1 Å². The zero-order chi connectivity index (χ0) is 22.0. The van der Waals surface area contributed by atoms with Crippen molar-refractivity contribution >= 4 is 28.4 Å². The lowest BCUT2D eigenvalue weighted by molar-refractivity contribution is 0.0974. The third-order valence-electron chi connectivity index (χ3n) is 5.05. The average molecular weight is 437 g/mol. The van der Waals surface area contributed by atoms with Crippen LogP contribution in [0.5, 0.6) is 17.2 Å². The van der Waals surface area contributed by atoms with Crippen molar-refractivity contribution < 1.29 is 19.0 Å². The van der Waals surface area contributed by atoms with Crippen LogP contribution in [0, 0.1) is 0 Å². The number of methoxy groups -OCH3 is 3. The number of ketones is 1. The second-order valence-corrected chi connectivity index (χ2v) is 7.29. The van der Waals surface area contributed by atoms with E-state index in [2.05, 4.69) is 0 Å². The molecule has 1 aromatic heterocycles. The molecule has 1 heterocycles. The Labute approximate surface area is 184 Å². The Morgan fingerprint density at radius 2 is 1.58 bits per heavy atom. The zero-order valence-electron chi connectivity index (χ0n) is 17.4. The summed E-state index contributed by atoms with van der Waals surface area (Å²) < 4.78 is 18.3. The Kier molecular flexibility index (Phi) is 5.82. The van der Waals surface area contributed by atoms with Crippen molar-refractivity contribution in [1.82, 2.24) is 9.55 Å². The summed E-state index contributed by atoms with van der Waals surface area (Å²) in [6.07, 6.45) is 0. The summed E-state index contributed by atoms with van der Waals surface area (Å²) >= 11 is 5.96. The molecule has 0 aliphatic carbocycles. The molecule has 0 N–H and O–H groups in total. The van der Waals surface area contributed by atoms with Gasteiger partial charge in [0.2, 0.25) is 5.75 Å². The highest BCUT2D eigenvalue weighted by atomic mass is 35.5. The second kappa shape index (κ2) is 8.70. The predicted octanol–water partition coefficient (Wildman–Crippen LogP) is 5.27. The van der Waals surface area contributed by atoms with Gasteiger partial charge in [-0.15, -0.1) is 0 Å². The van der Waals surface area contributed by atoms with Crippen LogP contribution in [0.25, 0.3) is 22.4 Å². The second-order valence-electron chi connectivity index (χ2n) is 6.85. The minimum atomic E-state index is -0.0477. The number of carbonyl (C=O) groups excluding carboxylic acids is 1. The summed E-state index contributed by atoms with van der Waals surface area (Å²) in [5.74, 6) is 2.10. The van der Waals surface area contributed by atoms with E-state index >= 15 is 0 Å². The van der Waals surface area contributed by atoms with Crippen molar-refractivity contribution in [3.63, 3.8) is 0 Å². The summed E-state index contributed by atoms with van der Waals surface area (Å²) in [6.45, 7) is 0.119. The number of nitrogens with zero attached hydrogens (tertiary/aromatic N) is 2. The maximum Gasteiger partial charge on any atom is 0.203 e. The van der Waals surface area contributed by atoms with Gasteiger partial charge in [-0.05, 0) is 48.5 Å². The fraction of sp³-hybridized carbons (Fsp3) is 0.167. The molecule has 4 rings (SSSR count). The van der Waals surface area contributed by atoms with Crippen LogP contribution in [0.4, 0.5) is 0 Å². The SMILES string of the molecule is COc1cc(-c2nc3ccccc3n2CC(=O)c2ccc(Cl)cc2)cc(OC)c1OC. The Morgan fingerprint density at radius 1 is 0.935 bits per heavy atom. The number of halogens is 1. The number of Topliss-reactive ketones (excluding diaryl/α,β-unsaturated/α-hetero) is 1. The van der Waals surface area contributed by atoms with Crippen LogP contribution >= 0.6 is 11.6 Å². The molecule has 7 heteroatoms. The van der Waals surface area contributed by atoms with Gasteiger partial charge in [0.05, 0.1) is 38.9 Å². The Bertz CT molecular complexity index is 1220. The topological polar surface area (TPSA) is 62.6 Å². The van der Waals surface area contributed by atoms with Crippen molar-refractivity contribution in [2.24, 2.45) is 0 Å². The van der Waals surface area contributed by atoms with Crippen molar-refractivity contribution in [2.75, 3.05) is 21.3 Å². The van der Waals surface area contributed by atoms with Crippen LogP contribution in [-0.2, 0) is 6.54 Å². The third-order valence-corrected chi connectivity index (χ3v) is 5.30. The molecule has 0 saturated carbocycles. The van der Waals surface area contributed by atoms with Crippen LogP contribution < -0.4 is 14.2 Å². The Hall–Kier alpha value is -3.51. The zero-order valence-corrected chi connectivity index (χ0v) is 18.1. The largest absolute Gasteiger partial charge is 0.493 e. The number of rotatable bonds is 7. The summed E-state index contributed by atoms with van der Waals surface area (Å²) in [5.41, 5.74) is 2.97. The summed E-state index contributed by atoms with van der Waals surface area (Å²) in [7, 11) is 4.68. The maximum absolute atomic E-state index is 13.0. The fourth-order valence-electron chi connectivity index (χ4n) is 3.54. The molecule has 0 radical (unpaired) electrons. The highest BCUT2D eigenvalue weighted by molar-refractivity contribution is 6.30. The maximum atomic E-state index is 13.0. The number of imidazole rings is 1. The highest BCUT2D eigenvalue weighted by Gasteiger charge is 2.20. The van der Waals surface area contributed by atoms with E-state index in [0.29, 0.717) is 33.7 Å². The van der Waals surface area contributed by atoms with E-state index in [-0.39, 0.29) is 12.3 Å². The number of carbonyl (C=O) groups is 1. The van der Waals surface area contributed by atoms with Crippen LogP contribution in [-0.4, -0.2) is 36.7 Å². The third kappa shape index (κ3) is 3.94. The first-order valence-electron chi connectivity index (χ1n) is 9.60. The first-order valence-corrected chi connectivity index (χ1v) is 9.98. The number of hydrogen-bond acceptors (Lipinski definition) is 5. The van der Waals surface area contributed by atoms with Gasteiger partial charge >= 0.3 is 0 Å². The standard InChI is InChI=1S/C24H21ClN2O4/c1-29-21-12-16(13-22(30-2)23(21)31-3)24-26-18-6-4-5-7-19(18)27(24)14-20(28)15-8-10-17(25)11-9-15/h4-13H,14H2,1-3H3. The molecule has 0 amide bonds. The first kappa shape index (κ1) is 20.8. The molecule has 3 aromatic carbocycles. The van der Waals surface area contributed by atoms with Gasteiger partial charge < -0.3 is 18.8 Å². The molecule has 0 atom stereocenters. The van der Waals surface area contributed by atoms with Gasteiger partial charge in [-0.25, -0.2) is 4.98 Å². The Morgan fingerprint density at radius 3 is 2.19 bits per heavy atom. The lowest BCUT2D eigenvalue weighted by atomic mass is 10.1.